The Hall–Kier alpha value is -1.59. The fraction of sp³-hybridized carbons (Fsp3) is 0.632. The molecule has 0 aliphatic carbocycles. The van der Waals surface area contributed by atoms with Crippen LogP contribution >= 0.6 is 0 Å². The van der Waals surface area contributed by atoms with Crippen molar-refractivity contribution in [2.24, 2.45) is 10.9 Å². The Morgan fingerprint density at radius 1 is 1.12 bits per heavy atom. The summed E-state index contributed by atoms with van der Waals surface area (Å²) < 4.78 is 5.57. The number of rotatable bonds is 10. The van der Waals surface area contributed by atoms with E-state index in [2.05, 4.69) is 72.7 Å². The summed E-state index contributed by atoms with van der Waals surface area (Å²) >= 11 is 0. The van der Waals surface area contributed by atoms with Gasteiger partial charge in [0, 0.05) is 39.9 Å². The van der Waals surface area contributed by atoms with Gasteiger partial charge in [0.25, 0.3) is 0 Å². The molecule has 1 rings (SSSR count). The van der Waals surface area contributed by atoms with Gasteiger partial charge in [0.2, 0.25) is 0 Å². The molecule has 0 amide bonds. The minimum absolute atomic E-state index is 0.594. The number of nitrogens with one attached hydrogen (secondary N) is 2. The number of aliphatic imine (C=N–C) groups is 1. The number of hydrogen-bond acceptors (Lipinski definition) is 3. The third-order valence-corrected chi connectivity index (χ3v) is 3.41. The minimum atomic E-state index is 0.594. The molecule has 0 saturated carbocycles. The highest BCUT2D eigenvalue weighted by Crippen LogP contribution is 2.05. The lowest BCUT2D eigenvalue weighted by molar-refractivity contribution is 0.108. The van der Waals surface area contributed by atoms with E-state index in [1.54, 1.807) is 7.05 Å². The van der Waals surface area contributed by atoms with E-state index in [4.69, 9.17) is 4.74 Å². The summed E-state index contributed by atoms with van der Waals surface area (Å²) in [6.07, 6.45) is 0.979. The molecule has 0 saturated heterocycles. The number of guanidine groups is 1. The van der Waals surface area contributed by atoms with Gasteiger partial charge in [-0.2, -0.15) is 0 Å². The zero-order valence-corrected chi connectivity index (χ0v) is 15.9. The first-order chi connectivity index (χ1) is 11.5. The van der Waals surface area contributed by atoms with Gasteiger partial charge in [-0.1, -0.05) is 38.1 Å². The van der Waals surface area contributed by atoms with Gasteiger partial charge in [-0.05, 0) is 37.6 Å². The standard InChI is InChI=1S/C19H34N4O/c1-16(2)15-24-12-6-11-21-19(20-3)22-13-17-7-9-18(10-8-17)14-23(4)5/h7-10,16H,6,11-15H2,1-5H3,(H2,20,21,22). The predicted molar refractivity (Wildman–Crippen MR) is 102 cm³/mol. The van der Waals surface area contributed by atoms with E-state index in [0.717, 1.165) is 45.2 Å². The van der Waals surface area contributed by atoms with E-state index in [-0.39, 0.29) is 0 Å². The molecule has 0 bridgehead atoms. The molecule has 0 atom stereocenters. The second kappa shape index (κ2) is 11.9. The zero-order chi connectivity index (χ0) is 17.8. The van der Waals surface area contributed by atoms with Gasteiger partial charge >= 0.3 is 0 Å². The van der Waals surface area contributed by atoms with Crippen LogP contribution in [0.2, 0.25) is 0 Å². The van der Waals surface area contributed by atoms with Crippen LogP contribution in [-0.2, 0) is 17.8 Å². The molecule has 0 spiro atoms. The quantitative estimate of drug-likeness (QED) is 0.392. The summed E-state index contributed by atoms with van der Waals surface area (Å²) in [6, 6.07) is 8.69. The summed E-state index contributed by atoms with van der Waals surface area (Å²) in [5.74, 6) is 1.42. The van der Waals surface area contributed by atoms with Crippen LogP contribution in [0, 0.1) is 5.92 Å². The predicted octanol–water partition coefficient (Wildman–Crippen LogP) is 2.48. The molecule has 1 aromatic carbocycles. The molecular formula is C19H34N4O. The average Bonchev–Trinajstić information content (AvgIpc) is 2.54. The maximum absolute atomic E-state index is 5.57. The highest BCUT2D eigenvalue weighted by Gasteiger charge is 2.00. The van der Waals surface area contributed by atoms with E-state index in [0.29, 0.717) is 5.92 Å². The third kappa shape index (κ3) is 9.53. The summed E-state index contributed by atoms with van der Waals surface area (Å²) in [7, 11) is 5.96. The summed E-state index contributed by atoms with van der Waals surface area (Å²) in [5, 5.41) is 6.66. The van der Waals surface area contributed by atoms with Crippen LogP contribution in [0.15, 0.2) is 29.3 Å². The first kappa shape index (κ1) is 20.5. The first-order valence-corrected chi connectivity index (χ1v) is 8.76. The van der Waals surface area contributed by atoms with Gasteiger partial charge in [-0.15, -0.1) is 0 Å². The van der Waals surface area contributed by atoms with Crippen molar-refractivity contribution in [2.45, 2.75) is 33.4 Å². The van der Waals surface area contributed by atoms with Crippen molar-refractivity contribution >= 4 is 5.96 Å². The Morgan fingerprint density at radius 2 is 1.79 bits per heavy atom. The largest absolute Gasteiger partial charge is 0.381 e. The first-order valence-electron chi connectivity index (χ1n) is 8.76. The Balaban J connectivity index is 2.23. The molecule has 0 aromatic heterocycles. The summed E-state index contributed by atoms with van der Waals surface area (Å²) in [5.41, 5.74) is 2.58. The van der Waals surface area contributed by atoms with Crippen LogP contribution in [0.5, 0.6) is 0 Å². The van der Waals surface area contributed by atoms with Crippen molar-refractivity contribution in [3.8, 4) is 0 Å². The molecule has 0 aliphatic rings. The molecule has 24 heavy (non-hydrogen) atoms. The Labute approximate surface area is 147 Å². The van der Waals surface area contributed by atoms with E-state index >= 15 is 0 Å². The van der Waals surface area contributed by atoms with Gasteiger partial charge in [0.15, 0.2) is 5.96 Å². The van der Waals surface area contributed by atoms with E-state index < -0.39 is 0 Å². The Morgan fingerprint density at radius 3 is 2.38 bits per heavy atom. The van der Waals surface area contributed by atoms with Gasteiger partial charge in [0.1, 0.15) is 0 Å². The maximum atomic E-state index is 5.57. The lowest BCUT2D eigenvalue weighted by Crippen LogP contribution is -2.37. The lowest BCUT2D eigenvalue weighted by Gasteiger charge is -2.13. The van der Waals surface area contributed by atoms with Crippen molar-refractivity contribution in [3.05, 3.63) is 35.4 Å². The molecule has 1 aromatic rings. The Bertz CT molecular complexity index is 469. The lowest BCUT2D eigenvalue weighted by atomic mass is 10.1. The van der Waals surface area contributed by atoms with Gasteiger partial charge < -0.3 is 20.3 Å². The SMILES string of the molecule is CN=C(NCCCOCC(C)C)NCc1ccc(CN(C)C)cc1. The zero-order valence-electron chi connectivity index (χ0n) is 15.9. The van der Waals surface area contributed by atoms with Crippen LogP contribution in [0.4, 0.5) is 0 Å². The normalized spacial score (nSPS) is 12.0. The van der Waals surface area contributed by atoms with Crippen LogP contribution in [0.25, 0.3) is 0 Å². The van der Waals surface area contributed by atoms with Gasteiger partial charge in [-0.25, -0.2) is 0 Å². The molecular weight excluding hydrogens is 300 g/mol. The summed E-state index contributed by atoms with van der Waals surface area (Å²) in [6.45, 7) is 8.54. The fourth-order valence-corrected chi connectivity index (χ4v) is 2.23. The van der Waals surface area contributed by atoms with E-state index in [1.807, 2.05) is 0 Å². The molecule has 2 N–H and O–H groups in total. The summed E-state index contributed by atoms with van der Waals surface area (Å²) in [4.78, 5) is 6.42. The second-order valence-electron chi connectivity index (χ2n) is 6.73. The van der Waals surface area contributed by atoms with Crippen LogP contribution in [0.3, 0.4) is 0 Å². The van der Waals surface area contributed by atoms with E-state index in [9.17, 15) is 0 Å². The smallest absolute Gasteiger partial charge is 0.191 e. The second-order valence-corrected chi connectivity index (χ2v) is 6.73. The highest BCUT2D eigenvalue weighted by atomic mass is 16.5. The third-order valence-electron chi connectivity index (χ3n) is 3.41. The number of hydrogen-bond donors (Lipinski definition) is 2. The molecule has 0 fully saturated rings. The van der Waals surface area contributed by atoms with Gasteiger partial charge in [-0.3, -0.25) is 4.99 Å². The van der Waals surface area contributed by atoms with E-state index in [1.165, 1.54) is 11.1 Å². The molecule has 0 aliphatic heterocycles. The fourth-order valence-electron chi connectivity index (χ4n) is 2.23. The van der Waals surface area contributed by atoms with Crippen LogP contribution < -0.4 is 10.6 Å². The molecule has 5 heteroatoms. The average molecular weight is 335 g/mol. The maximum Gasteiger partial charge on any atom is 0.191 e. The molecule has 0 unspecified atom stereocenters. The molecule has 0 radical (unpaired) electrons. The number of ether oxygens (including phenoxy) is 1. The van der Waals surface area contributed by atoms with Crippen molar-refractivity contribution in [1.29, 1.82) is 0 Å². The number of benzene rings is 1. The van der Waals surface area contributed by atoms with Crippen molar-refractivity contribution < 1.29 is 4.74 Å². The number of nitrogens with zero attached hydrogens (tertiary/aromatic N) is 2. The minimum Gasteiger partial charge on any atom is -0.381 e. The van der Waals surface area contributed by atoms with Crippen LogP contribution in [0.1, 0.15) is 31.4 Å². The van der Waals surface area contributed by atoms with Crippen molar-refractivity contribution in [3.63, 3.8) is 0 Å². The topological polar surface area (TPSA) is 48.9 Å². The molecule has 5 nitrogen and oxygen atoms in total. The van der Waals surface area contributed by atoms with Crippen molar-refractivity contribution in [2.75, 3.05) is 40.9 Å². The highest BCUT2D eigenvalue weighted by molar-refractivity contribution is 5.79. The molecule has 136 valence electrons. The van der Waals surface area contributed by atoms with Crippen LogP contribution in [-0.4, -0.2) is 51.8 Å². The van der Waals surface area contributed by atoms with Gasteiger partial charge in [0.05, 0.1) is 0 Å². The Kier molecular flexibility index (Phi) is 10.1. The molecule has 0 heterocycles. The monoisotopic (exact) mass is 334 g/mol. The van der Waals surface area contributed by atoms with Crippen molar-refractivity contribution in [1.82, 2.24) is 15.5 Å².